The Morgan fingerprint density at radius 2 is 1.51 bits per heavy atom. The molecule has 0 amide bonds. The lowest BCUT2D eigenvalue weighted by Gasteiger charge is -2.31. The molecule has 7 nitrogen and oxygen atoms in total. The number of fused-ring (bicyclic) bond motifs is 1. The van der Waals surface area contributed by atoms with Crippen LogP contribution < -0.4 is 0 Å². The van der Waals surface area contributed by atoms with Crippen LogP contribution in [0.15, 0.2) is 118 Å². The molecule has 2 aliphatic rings. The fourth-order valence-corrected chi connectivity index (χ4v) is 4.13. The molecule has 1 atom stereocenters. The second kappa shape index (κ2) is 8.87. The lowest BCUT2D eigenvalue weighted by molar-refractivity contribution is -0.143. The molecule has 0 spiro atoms. The van der Waals surface area contributed by atoms with Crippen molar-refractivity contribution in [3.63, 3.8) is 0 Å². The van der Waals surface area contributed by atoms with Crippen LogP contribution in [0.25, 0.3) is 5.76 Å². The molecule has 2 aliphatic heterocycles. The molecule has 7 heteroatoms. The van der Waals surface area contributed by atoms with Crippen molar-refractivity contribution in [3.05, 3.63) is 125 Å². The number of aliphatic hydroxyl groups is 1. The van der Waals surface area contributed by atoms with E-state index in [4.69, 9.17) is 14.5 Å². The summed E-state index contributed by atoms with van der Waals surface area (Å²) in [7, 11) is 1.25. The summed E-state index contributed by atoms with van der Waals surface area (Å²) in [5.41, 5.74) is 0.113. The molecule has 2 heterocycles. The van der Waals surface area contributed by atoms with Gasteiger partial charge in [0.05, 0.1) is 7.11 Å². The summed E-state index contributed by atoms with van der Waals surface area (Å²) in [5.74, 6) is -1.47. The Morgan fingerprint density at radius 3 is 2.14 bits per heavy atom. The smallest absolute Gasteiger partial charge is 0.345 e. The maximum absolute atomic E-state index is 13.4. The van der Waals surface area contributed by atoms with Gasteiger partial charge in [-0.3, -0.25) is 0 Å². The Kier molecular flexibility index (Phi) is 5.58. The number of aliphatic imine (C=N–C) groups is 2. The molecule has 1 fully saturated rings. The highest BCUT2D eigenvalue weighted by Gasteiger charge is 2.57. The van der Waals surface area contributed by atoms with Crippen molar-refractivity contribution in [1.29, 1.82) is 0 Å². The summed E-state index contributed by atoms with van der Waals surface area (Å²) < 4.78 is 10.8. The monoisotopic (exact) mass is 464 g/mol. The van der Waals surface area contributed by atoms with Crippen LogP contribution in [0.5, 0.6) is 0 Å². The number of carbonyl (C=O) groups excluding carboxylic acids is 2. The zero-order valence-electron chi connectivity index (χ0n) is 18.7. The van der Waals surface area contributed by atoms with E-state index in [0.717, 1.165) is 0 Å². The molecular formula is C28H20N2O5. The van der Waals surface area contributed by atoms with Crippen LogP contribution in [0.4, 0.5) is 0 Å². The van der Waals surface area contributed by atoms with Crippen molar-refractivity contribution < 1.29 is 24.2 Å². The third-order valence-electron chi connectivity index (χ3n) is 5.78. The van der Waals surface area contributed by atoms with Crippen LogP contribution in [0, 0.1) is 0 Å². The van der Waals surface area contributed by atoms with Gasteiger partial charge in [-0.15, -0.1) is 0 Å². The summed E-state index contributed by atoms with van der Waals surface area (Å²) in [6.45, 7) is 0. The summed E-state index contributed by atoms with van der Waals surface area (Å²) in [5, 5.41) is 11.2. The zero-order chi connectivity index (χ0) is 24.4. The maximum Gasteiger partial charge on any atom is 0.345 e. The second-order valence-corrected chi connectivity index (χ2v) is 7.84. The largest absolute Gasteiger partial charge is 0.506 e. The van der Waals surface area contributed by atoms with Gasteiger partial charge in [0.2, 0.25) is 5.60 Å². The second-order valence-electron chi connectivity index (χ2n) is 7.84. The molecule has 35 heavy (non-hydrogen) atoms. The van der Waals surface area contributed by atoms with Gasteiger partial charge >= 0.3 is 11.9 Å². The first-order chi connectivity index (χ1) is 17.0. The quantitative estimate of drug-likeness (QED) is 0.351. The molecule has 3 aromatic rings. The van der Waals surface area contributed by atoms with E-state index in [2.05, 4.69) is 4.99 Å². The number of amidine groups is 1. The van der Waals surface area contributed by atoms with Crippen molar-refractivity contribution >= 4 is 29.2 Å². The molecule has 1 unspecified atom stereocenters. The molecular weight excluding hydrogens is 444 g/mol. The van der Waals surface area contributed by atoms with E-state index in [0.29, 0.717) is 16.7 Å². The topological polar surface area (TPSA) is 97.5 Å². The molecule has 0 aliphatic carbocycles. The zero-order valence-corrected chi connectivity index (χ0v) is 18.7. The molecule has 0 saturated carbocycles. The van der Waals surface area contributed by atoms with E-state index < -0.39 is 17.5 Å². The predicted molar refractivity (Wildman–Crippen MR) is 131 cm³/mol. The third kappa shape index (κ3) is 3.73. The molecule has 3 aromatic carbocycles. The lowest BCUT2D eigenvalue weighted by atomic mass is 9.82. The van der Waals surface area contributed by atoms with Crippen LogP contribution >= 0.6 is 0 Å². The van der Waals surface area contributed by atoms with E-state index in [1.54, 1.807) is 54.6 Å². The normalized spacial score (nSPS) is 21.5. The van der Waals surface area contributed by atoms with Gasteiger partial charge in [-0.25, -0.2) is 19.6 Å². The molecule has 0 aromatic heterocycles. The van der Waals surface area contributed by atoms with Crippen LogP contribution in [0.3, 0.4) is 0 Å². The first kappa shape index (κ1) is 22.0. The van der Waals surface area contributed by atoms with Gasteiger partial charge in [0.1, 0.15) is 22.7 Å². The van der Waals surface area contributed by atoms with Crippen molar-refractivity contribution in [2.75, 3.05) is 7.11 Å². The number of esters is 2. The third-order valence-corrected chi connectivity index (χ3v) is 5.78. The molecule has 0 bridgehead atoms. The van der Waals surface area contributed by atoms with E-state index in [-0.39, 0.29) is 28.6 Å². The highest BCUT2D eigenvalue weighted by Crippen LogP contribution is 2.47. The Labute approximate surface area is 201 Å². The van der Waals surface area contributed by atoms with Crippen molar-refractivity contribution in [3.8, 4) is 0 Å². The molecule has 172 valence electrons. The van der Waals surface area contributed by atoms with Crippen LogP contribution in [-0.2, 0) is 24.7 Å². The van der Waals surface area contributed by atoms with E-state index in [1.165, 1.54) is 13.2 Å². The van der Waals surface area contributed by atoms with E-state index in [1.807, 2.05) is 36.4 Å². The number of hydrogen-bond acceptors (Lipinski definition) is 7. The Bertz CT molecular complexity index is 1420. The number of rotatable bonds is 4. The Hall–Kier alpha value is -4.78. The number of nitrogens with zero attached hydrogens (tertiary/aromatic N) is 2. The summed E-state index contributed by atoms with van der Waals surface area (Å²) in [4.78, 5) is 35.1. The first-order valence-corrected chi connectivity index (χ1v) is 10.9. The minimum atomic E-state index is -1.65. The minimum Gasteiger partial charge on any atom is -0.506 e. The average molecular weight is 464 g/mol. The standard InChI is InChI=1S/C28H20N2O5/c1-34-22(31)17-21-28(20-15-9-4-10-16-20)25(30-26(29-21)19-13-7-3-8-14-19)23(27(33)35-28)24(32)18-11-5-2-6-12-18/h2-17,32H,1H3/b21-17-,24-23-. The summed E-state index contributed by atoms with van der Waals surface area (Å²) in [6.07, 6.45) is 1.18. The first-order valence-electron chi connectivity index (χ1n) is 10.9. The van der Waals surface area contributed by atoms with Gasteiger partial charge in [0.15, 0.2) is 5.84 Å². The minimum absolute atomic E-state index is 0.0980. The van der Waals surface area contributed by atoms with Gasteiger partial charge in [-0.05, 0) is 0 Å². The van der Waals surface area contributed by atoms with Gasteiger partial charge < -0.3 is 14.6 Å². The van der Waals surface area contributed by atoms with Crippen molar-refractivity contribution in [1.82, 2.24) is 0 Å². The lowest BCUT2D eigenvalue weighted by Crippen LogP contribution is -2.39. The van der Waals surface area contributed by atoms with Crippen LogP contribution in [0.1, 0.15) is 16.7 Å². The SMILES string of the molecule is COC(=O)/C=C1\N=C(c2ccccc2)N=C2/C(=C(/O)c3ccccc3)C(=O)OC21c1ccccc1. The highest BCUT2D eigenvalue weighted by atomic mass is 16.6. The van der Waals surface area contributed by atoms with Crippen molar-refractivity contribution in [2.24, 2.45) is 9.98 Å². The molecule has 1 saturated heterocycles. The molecule has 1 N–H and O–H groups in total. The summed E-state index contributed by atoms with van der Waals surface area (Å²) in [6, 6.07) is 26.7. The fraction of sp³-hybridized carbons (Fsp3) is 0.0714. The van der Waals surface area contributed by atoms with Gasteiger partial charge in [0, 0.05) is 22.8 Å². The number of aliphatic hydroxyl groups excluding tert-OH is 1. The molecule has 5 rings (SSSR count). The highest BCUT2D eigenvalue weighted by molar-refractivity contribution is 6.35. The van der Waals surface area contributed by atoms with Crippen LogP contribution in [-0.4, -0.2) is 35.7 Å². The van der Waals surface area contributed by atoms with Crippen molar-refractivity contribution in [2.45, 2.75) is 5.60 Å². The van der Waals surface area contributed by atoms with Gasteiger partial charge in [-0.2, -0.15) is 0 Å². The van der Waals surface area contributed by atoms with Gasteiger partial charge in [0.25, 0.3) is 0 Å². The number of benzene rings is 3. The number of ether oxygens (including phenoxy) is 2. The predicted octanol–water partition coefficient (Wildman–Crippen LogP) is 4.37. The Morgan fingerprint density at radius 1 is 0.914 bits per heavy atom. The number of methoxy groups -OCH3 is 1. The average Bonchev–Trinajstić information content (AvgIpc) is 3.22. The maximum atomic E-state index is 13.4. The molecule has 0 radical (unpaired) electrons. The van der Waals surface area contributed by atoms with E-state index in [9.17, 15) is 14.7 Å². The number of carbonyl (C=O) groups is 2. The van der Waals surface area contributed by atoms with E-state index >= 15 is 0 Å². The van der Waals surface area contributed by atoms with Gasteiger partial charge in [-0.1, -0.05) is 91.0 Å². The fourth-order valence-electron chi connectivity index (χ4n) is 4.13. The number of hydrogen-bond donors (Lipinski definition) is 1. The summed E-state index contributed by atoms with van der Waals surface area (Å²) >= 11 is 0. The van der Waals surface area contributed by atoms with Crippen LogP contribution in [0.2, 0.25) is 0 Å². The Balaban J connectivity index is 1.84.